The van der Waals surface area contributed by atoms with Crippen molar-refractivity contribution in [1.82, 2.24) is 14.8 Å². The molecule has 4 aromatic rings. The van der Waals surface area contributed by atoms with Crippen molar-refractivity contribution in [3.63, 3.8) is 0 Å². The maximum atomic E-state index is 13.3. The van der Waals surface area contributed by atoms with Gasteiger partial charge in [0, 0.05) is 16.9 Å². The summed E-state index contributed by atoms with van der Waals surface area (Å²) >= 11 is 7.04. The lowest BCUT2D eigenvalue weighted by atomic mass is 10.1. The molecule has 8 heteroatoms. The molecule has 0 fully saturated rings. The number of para-hydroxylation sites is 1. The molecule has 3 aromatic carbocycles. The minimum absolute atomic E-state index is 0.0444. The van der Waals surface area contributed by atoms with Gasteiger partial charge in [0.2, 0.25) is 5.91 Å². The third-order valence-electron chi connectivity index (χ3n) is 4.49. The van der Waals surface area contributed by atoms with Crippen molar-refractivity contribution in [2.45, 2.75) is 12.1 Å². The lowest BCUT2D eigenvalue weighted by molar-refractivity contribution is -0.113. The molecule has 1 heterocycles. The van der Waals surface area contributed by atoms with Crippen LogP contribution in [-0.4, -0.2) is 26.4 Å². The minimum atomic E-state index is -0.534. The van der Waals surface area contributed by atoms with E-state index in [1.807, 2.05) is 66.1 Å². The quantitative estimate of drug-likeness (QED) is 0.377. The molecule has 0 bridgehead atoms. The molecule has 0 spiro atoms. The summed E-state index contributed by atoms with van der Waals surface area (Å²) in [5, 5.41) is 12.0. The Hall–Kier alpha value is -3.16. The molecule has 0 aliphatic rings. The van der Waals surface area contributed by atoms with Crippen LogP contribution < -0.4 is 5.32 Å². The van der Waals surface area contributed by atoms with Crippen molar-refractivity contribution in [2.75, 3.05) is 11.1 Å². The lowest BCUT2D eigenvalue weighted by Gasteiger charge is -2.11. The number of anilines is 1. The number of hydrogen-bond acceptors (Lipinski definition) is 4. The summed E-state index contributed by atoms with van der Waals surface area (Å²) in [4.78, 5) is 12.4. The molecule has 4 rings (SSSR count). The van der Waals surface area contributed by atoms with E-state index in [1.54, 1.807) is 0 Å². The zero-order valence-electron chi connectivity index (χ0n) is 16.5. The fraction of sp³-hybridized carbons (Fsp3) is 0.0870. The Kier molecular flexibility index (Phi) is 6.34. The Labute approximate surface area is 188 Å². The molecular weight excluding hydrogens is 435 g/mol. The number of amides is 1. The van der Waals surface area contributed by atoms with Crippen LogP contribution in [0.2, 0.25) is 5.02 Å². The van der Waals surface area contributed by atoms with E-state index >= 15 is 0 Å². The van der Waals surface area contributed by atoms with Crippen LogP contribution in [0.15, 0.2) is 78.0 Å². The number of nitrogens with zero attached hydrogens (tertiary/aromatic N) is 3. The topological polar surface area (TPSA) is 59.8 Å². The molecule has 0 saturated carbocycles. The number of aryl methyl sites for hydroxylation is 1. The second kappa shape index (κ2) is 9.32. The van der Waals surface area contributed by atoms with Crippen LogP contribution in [0, 0.1) is 12.7 Å². The maximum absolute atomic E-state index is 13.3. The number of carbonyl (C=O) groups excluding carboxylic acids is 1. The van der Waals surface area contributed by atoms with Crippen LogP contribution in [0.5, 0.6) is 0 Å². The third kappa shape index (κ3) is 4.95. The highest BCUT2D eigenvalue weighted by molar-refractivity contribution is 7.99. The van der Waals surface area contributed by atoms with Crippen molar-refractivity contribution in [3.05, 3.63) is 89.2 Å². The molecule has 0 unspecified atom stereocenters. The average molecular weight is 453 g/mol. The molecule has 31 heavy (non-hydrogen) atoms. The summed E-state index contributed by atoms with van der Waals surface area (Å²) in [6, 6.07) is 21.8. The van der Waals surface area contributed by atoms with Gasteiger partial charge in [0.25, 0.3) is 0 Å². The first-order valence-corrected chi connectivity index (χ1v) is 10.8. The maximum Gasteiger partial charge on any atom is 0.234 e. The van der Waals surface area contributed by atoms with E-state index in [4.69, 9.17) is 11.6 Å². The SMILES string of the molecule is Cc1ccc(-c2nnc(SCC(=O)Nc3ccc(F)c(Cl)c3)n2-c2ccccc2)cc1. The zero-order chi connectivity index (χ0) is 21.8. The van der Waals surface area contributed by atoms with Crippen LogP contribution in [0.25, 0.3) is 17.1 Å². The van der Waals surface area contributed by atoms with Crippen molar-refractivity contribution in [1.29, 1.82) is 0 Å². The van der Waals surface area contributed by atoms with E-state index in [2.05, 4.69) is 15.5 Å². The molecule has 0 aliphatic carbocycles. The monoisotopic (exact) mass is 452 g/mol. The molecule has 1 N–H and O–H groups in total. The van der Waals surface area contributed by atoms with Crippen molar-refractivity contribution >= 4 is 35.0 Å². The van der Waals surface area contributed by atoms with E-state index in [0.717, 1.165) is 16.8 Å². The summed E-state index contributed by atoms with van der Waals surface area (Å²) in [5.41, 5.74) is 3.42. The number of carbonyl (C=O) groups is 1. The molecule has 0 saturated heterocycles. The summed E-state index contributed by atoms with van der Waals surface area (Å²) in [6.07, 6.45) is 0. The summed E-state index contributed by atoms with van der Waals surface area (Å²) in [7, 11) is 0. The minimum Gasteiger partial charge on any atom is -0.325 e. The highest BCUT2D eigenvalue weighted by Crippen LogP contribution is 2.28. The van der Waals surface area contributed by atoms with Gasteiger partial charge in [0.05, 0.1) is 10.8 Å². The number of benzene rings is 3. The Morgan fingerprint density at radius 1 is 1.06 bits per heavy atom. The molecule has 0 atom stereocenters. The number of rotatable bonds is 6. The first-order valence-electron chi connectivity index (χ1n) is 9.47. The number of halogens is 2. The number of thioether (sulfide) groups is 1. The molecular formula is C23H18ClFN4OS. The molecule has 1 aromatic heterocycles. The van der Waals surface area contributed by atoms with E-state index < -0.39 is 5.82 Å². The van der Waals surface area contributed by atoms with Crippen molar-refractivity contribution < 1.29 is 9.18 Å². The Bertz CT molecular complexity index is 1210. The van der Waals surface area contributed by atoms with E-state index in [-0.39, 0.29) is 16.7 Å². The predicted molar refractivity (Wildman–Crippen MR) is 122 cm³/mol. The van der Waals surface area contributed by atoms with Gasteiger partial charge in [-0.3, -0.25) is 9.36 Å². The molecule has 156 valence electrons. The fourth-order valence-electron chi connectivity index (χ4n) is 2.96. The molecule has 5 nitrogen and oxygen atoms in total. The van der Waals surface area contributed by atoms with Crippen LogP contribution >= 0.6 is 23.4 Å². The molecule has 1 amide bonds. The van der Waals surface area contributed by atoms with Crippen LogP contribution in [0.3, 0.4) is 0 Å². The standard InChI is InChI=1S/C23H18ClFN4OS/c1-15-7-9-16(10-8-15)22-27-28-23(29(22)18-5-3-2-4-6-18)31-14-21(30)26-17-11-12-20(25)19(24)13-17/h2-13H,14H2,1H3,(H,26,30). The van der Waals surface area contributed by atoms with Gasteiger partial charge in [-0.05, 0) is 37.3 Å². The van der Waals surface area contributed by atoms with Crippen LogP contribution in [0.4, 0.5) is 10.1 Å². The van der Waals surface area contributed by atoms with Crippen LogP contribution in [-0.2, 0) is 4.79 Å². The number of nitrogens with one attached hydrogen (secondary N) is 1. The van der Waals surface area contributed by atoms with Gasteiger partial charge in [-0.2, -0.15) is 0 Å². The first kappa shape index (κ1) is 21.1. The summed E-state index contributed by atoms with van der Waals surface area (Å²) in [6.45, 7) is 2.03. The van der Waals surface area contributed by atoms with E-state index in [9.17, 15) is 9.18 Å². The number of hydrogen-bond donors (Lipinski definition) is 1. The highest BCUT2D eigenvalue weighted by atomic mass is 35.5. The van der Waals surface area contributed by atoms with Crippen molar-refractivity contribution in [3.8, 4) is 17.1 Å². The first-order chi connectivity index (χ1) is 15.0. The number of aromatic nitrogens is 3. The van der Waals surface area contributed by atoms with Gasteiger partial charge < -0.3 is 5.32 Å². The Balaban J connectivity index is 1.57. The van der Waals surface area contributed by atoms with Gasteiger partial charge in [-0.1, -0.05) is 71.4 Å². The predicted octanol–water partition coefficient (Wildman–Crippen LogP) is 5.77. The Morgan fingerprint density at radius 3 is 2.52 bits per heavy atom. The second-order valence-corrected chi connectivity index (χ2v) is 8.16. The summed E-state index contributed by atoms with van der Waals surface area (Å²) < 4.78 is 15.2. The summed E-state index contributed by atoms with van der Waals surface area (Å²) in [5.74, 6) is 0.00802. The fourth-order valence-corrected chi connectivity index (χ4v) is 3.90. The molecule has 0 aliphatic heterocycles. The van der Waals surface area contributed by atoms with Gasteiger partial charge in [0.15, 0.2) is 11.0 Å². The molecule has 0 radical (unpaired) electrons. The van der Waals surface area contributed by atoms with Gasteiger partial charge in [-0.15, -0.1) is 10.2 Å². The average Bonchev–Trinajstić information content (AvgIpc) is 3.20. The normalized spacial score (nSPS) is 10.8. The largest absolute Gasteiger partial charge is 0.325 e. The highest BCUT2D eigenvalue weighted by Gasteiger charge is 2.17. The van der Waals surface area contributed by atoms with E-state index in [0.29, 0.717) is 16.7 Å². The van der Waals surface area contributed by atoms with E-state index in [1.165, 1.54) is 30.0 Å². The van der Waals surface area contributed by atoms with Crippen LogP contribution in [0.1, 0.15) is 5.56 Å². The smallest absolute Gasteiger partial charge is 0.234 e. The van der Waals surface area contributed by atoms with Gasteiger partial charge in [-0.25, -0.2) is 4.39 Å². The lowest BCUT2D eigenvalue weighted by Crippen LogP contribution is -2.14. The van der Waals surface area contributed by atoms with Crippen molar-refractivity contribution in [2.24, 2.45) is 0 Å². The second-order valence-electron chi connectivity index (χ2n) is 6.81. The van der Waals surface area contributed by atoms with Gasteiger partial charge >= 0.3 is 0 Å². The zero-order valence-corrected chi connectivity index (χ0v) is 18.1. The van der Waals surface area contributed by atoms with Gasteiger partial charge in [0.1, 0.15) is 5.82 Å². The third-order valence-corrected chi connectivity index (χ3v) is 5.71. The Morgan fingerprint density at radius 2 is 1.81 bits per heavy atom.